The molecular formula is C12H9BrN4. The van der Waals surface area contributed by atoms with E-state index in [0.29, 0.717) is 22.8 Å². The minimum absolute atomic E-state index is 0.553. The third-order valence-electron chi connectivity index (χ3n) is 2.15. The predicted octanol–water partition coefficient (Wildman–Crippen LogP) is 3.04. The number of nitrogen functional groups attached to an aromatic ring is 1. The highest BCUT2D eigenvalue weighted by molar-refractivity contribution is 9.10. The highest BCUT2D eigenvalue weighted by atomic mass is 79.9. The van der Waals surface area contributed by atoms with Crippen molar-refractivity contribution in [2.75, 3.05) is 11.1 Å². The maximum Gasteiger partial charge on any atom is 0.132 e. The Balaban J connectivity index is 2.36. The molecule has 4 nitrogen and oxygen atoms in total. The zero-order valence-electron chi connectivity index (χ0n) is 8.81. The average molecular weight is 289 g/mol. The smallest absolute Gasteiger partial charge is 0.132 e. The summed E-state index contributed by atoms with van der Waals surface area (Å²) in [7, 11) is 0. The molecule has 2 rings (SSSR count). The number of aromatic nitrogens is 1. The lowest BCUT2D eigenvalue weighted by Gasteiger charge is -2.08. The van der Waals surface area contributed by atoms with Crippen LogP contribution in [-0.4, -0.2) is 4.98 Å². The maximum atomic E-state index is 8.99. The Hall–Kier alpha value is -2.06. The molecule has 84 valence electrons. The van der Waals surface area contributed by atoms with Gasteiger partial charge in [-0.15, -0.1) is 0 Å². The number of rotatable bonds is 2. The molecule has 0 aliphatic rings. The molecule has 0 aliphatic heterocycles. The Morgan fingerprint density at radius 1 is 1.29 bits per heavy atom. The molecule has 2 aromatic rings. The van der Waals surface area contributed by atoms with E-state index in [2.05, 4.69) is 32.3 Å². The third kappa shape index (κ3) is 2.74. The summed E-state index contributed by atoms with van der Waals surface area (Å²) in [5.41, 5.74) is 7.53. The van der Waals surface area contributed by atoms with E-state index < -0.39 is 0 Å². The lowest BCUT2D eigenvalue weighted by Crippen LogP contribution is -1.97. The van der Waals surface area contributed by atoms with E-state index in [9.17, 15) is 0 Å². The summed E-state index contributed by atoms with van der Waals surface area (Å²) in [5.74, 6) is 0.611. The molecule has 1 aromatic heterocycles. The molecule has 1 heterocycles. The number of halogens is 1. The first kappa shape index (κ1) is 11.4. The molecular weight excluding hydrogens is 280 g/mol. The number of nitriles is 1. The van der Waals surface area contributed by atoms with Crippen LogP contribution in [0.5, 0.6) is 0 Å². The van der Waals surface area contributed by atoms with E-state index >= 15 is 0 Å². The van der Waals surface area contributed by atoms with Gasteiger partial charge in [0.1, 0.15) is 11.9 Å². The van der Waals surface area contributed by atoms with E-state index in [4.69, 9.17) is 11.0 Å². The number of hydrogen-bond acceptors (Lipinski definition) is 4. The van der Waals surface area contributed by atoms with Crippen LogP contribution in [0.1, 0.15) is 5.56 Å². The summed E-state index contributed by atoms with van der Waals surface area (Å²) in [6.45, 7) is 0. The van der Waals surface area contributed by atoms with Crippen molar-refractivity contribution in [2.24, 2.45) is 0 Å². The van der Waals surface area contributed by atoms with Crippen molar-refractivity contribution in [1.29, 1.82) is 5.26 Å². The van der Waals surface area contributed by atoms with Gasteiger partial charge >= 0.3 is 0 Å². The van der Waals surface area contributed by atoms with Crippen LogP contribution >= 0.6 is 15.9 Å². The fraction of sp³-hybridized carbons (Fsp3) is 0. The summed E-state index contributed by atoms with van der Waals surface area (Å²) in [6, 6.07) is 10.9. The summed E-state index contributed by atoms with van der Waals surface area (Å²) in [4.78, 5) is 4.12. The highest BCUT2D eigenvalue weighted by Gasteiger charge is 2.04. The van der Waals surface area contributed by atoms with Crippen LogP contribution in [0.15, 0.2) is 41.0 Å². The molecule has 0 fully saturated rings. The van der Waals surface area contributed by atoms with Crippen molar-refractivity contribution in [3.05, 3.63) is 46.6 Å². The van der Waals surface area contributed by atoms with Gasteiger partial charge in [0.05, 0.1) is 11.3 Å². The summed E-state index contributed by atoms with van der Waals surface area (Å²) < 4.78 is 0.892. The predicted molar refractivity (Wildman–Crippen MR) is 70.8 cm³/mol. The molecule has 0 radical (unpaired) electrons. The minimum Gasteiger partial charge on any atom is -0.399 e. The SMILES string of the molecule is N#Cc1ccc(Br)cc1Nc1cc(N)ccn1. The Morgan fingerprint density at radius 2 is 2.12 bits per heavy atom. The zero-order valence-corrected chi connectivity index (χ0v) is 10.4. The van der Waals surface area contributed by atoms with Gasteiger partial charge in [0.2, 0.25) is 0 Å². The van der Waals surface area contributed by atoms with Crippen molar-refractivity contribution in [3.8, 4) is 6.07 Å². The molecule has 1 aromatic carbocycles. The van der Waals surface area contributed by atoms with Gasteiger partial charge in [0, 0.05) is 22.4 Å². The highest BCUT2D eigenvalue weighted by Crippen LogP contribution is 2.24. The monoisotopic (exact) mass is 288 g/mol. The second-order valence-corrected chi connectivity index (χ2v) is 4.32. The first-order chi connectivity index (χ1) is 8.19. The van der Waals surface area contributed by atoms with Gasteiger partial charge in [0.15, 0.2) is 0 Å². The van der Waals surface area contributed by atoms with Gasteiger partial charge in [0.25, 0.3) is 0 Å². The molecule has 0 bridgehead atoms. The second-order valence-electron chi connectivity index (χ2n) is 3.40. The molecule has 0 spiro atoms. The maximum absolute atomic E-state index is 8.99. The summed E-state index contributed by atoms with van der Waals surface area (Å²) in [5, 5.41) is 12.1. The number of nitrogens with one attached hydrogen (secondary N) is 1. The van der Waals surface area contributed by atoms with Crippen molar-refractivity contribution in [2.45, 2.75) is 0 Å². The zero-order chi connectivity index (χ0) is 12.3. The lowest BCUT2D eigenvalue weighted by atomic mass is 10.2. The average Bonchev–Trinajstić information content (AvgIpc) is 2.29. The second kappa shape index (κ2) is 4.85. The first-order valence-electron chi connectivity index (χ1n) is 4.87. The number of benzene rings is 1. The van der Waals surface area contributed by atoms with Crippen LogP contribution in [0, 0.1) is 11.3 Å². The number of hydrogen-bond donors (Lipinski definition) is 2. The van der Waals surface area contributed by atoms with Crippen LogP contribution in [0.3, 0.4) is 0 Å². The van der Waals surface area contributed by atoms with E-state index in [1.807, 2.05) is 12.1 Å². The Labute approximate surface area is 107 Å². The fourth-order valence-electron chi connectivity index (χ4n) is 1.37. The van der Waals surface area contributed by atoms with Crippen molar-refractivity contribution in [1.82, 2.24) is 4.98 Å². The number of pyridine rings is 1. The van der Waals surface area contributed by atoms with Crippen LogP contribution in [0.2, 0.25) is 0 Å². The Kier molecular flexibility index (Phi) is 3.26. The van der Waals surface area contributed by atoms with E-state index in [1.165, 1.54) is 0 Å². The minimum atomic E-state index is 0.553. The van der Waals surface area contributed by atoms with Gasteiger partial charge in [-0.2, -0.15) is 5.26 Å². The molecule has 0 unspecified atom stereocenters. The topological polar surface area (TPSA) is 74.7 Å². The quantitative estimate of drug-likeness (QED) is 0.891. The molecule has 0 saturated carbocycles. The molecule has 0 atom stereocenters. The van der Waals surface area contributed by atoms with E-state index in [1.54, 1.807) is 24.4 Å². The van der Waals surface area contributed by atoms with E-state index in [0.717, 1.165) is 4.47 Å². The van der Waals surface area contributed by atoms with Crippen LogP contribution in [-0.2, 0) is 0 Å². The standard InChI is InChI=1S/C12H9BrN4/c13-9-2-1-8(7-14)11(5-9)17-12-6-10(15)3-4-16-12/h1-6H,(H3,15,16,17). The summed E-state index contributed by atoms with van der Waals surface area (Å²) >= 11 is 3.36. The fourth-order valence-corrected chi connectivity index (χ4v) is 1.73. The lowest BCUT2D eigenvalue weighted by molar-refractivity contribution is 1.30. The molecule has 0 aliphatic carbocycles. The molecule has 3 N–H and O–H groups in total. The number of anilines is 3. The van der Waals surface area contributed by atoms with Crippen molar-refractivity contribution >= 4 is 33.1 Å². The van der Waals surface area contributed by atoms with Gasteiger partial charge < -0.3 is 11.1 Å². The van der Waals surface area contributed by atoms with Crippen LogP contribution in [0.4, 0.5) is 17.2 Å². The number of nitrogens with zero attached hydrogens (tertiary/aromatic N) is 2. The largest absolute Gasteiger partial charge is 0.399 e. The van der Waals surface area contributed by atoms with Gasteiger partial charge in [-0.25, -0.2) is 4.98 Å². The van der Waals surface area contributed by atoms with E-state index in [-0.39, 0.29) is 0 Å². The summed E-state index contributed by atoms with van der Waals surface area (Å²) in [6.07, 6.45) is 1.61. The van der Waals surface area contributed by atoms with Crippen molar-refractivity contribution in [3.63, 3.8) is 0 Å². The van der Waals surface area contributed by atoms with Crippen molar-refractivity contribution < 1.29 is 0 Å². The van der Waals surface area contributed by atoms with Gasteiger partial charge in [-0.1, -0.05) is 15.9 Å². The third-order valence-corrected chi connectivity index (χ3v) is 2.64. The molecule has 0 saturated heterocycles. The first-order valence-corrected chi connectivity index (χ1v) is 5.66. The van der Waals surface area contributed by atoms with Crippen LogP contribution < -0.4 is 11.1 Å². The van der Waals surface area contributed by atoms with Gasteiger partial charge in [-0.05, 0) is 24.3 Å². The van der Waals surface area contributed by atoms with Crippen LogP contribution in [0.25, 0.3) is 0 Å². The normalized spacial score (nSPS) is 9.65. The Bertz CT molecular complexity index is 589. The van der Waals surface area contributed by atoms with Gasteiger partial charge in [-0.3, -0.25) is 0 Å². The number of nitrogens with two attached hydrogens (primary N) is 1. The Morgan fingerprint density at radius 3 is 2.82 bits per heavy atom. The molecule has 5 heteroatoms. The molecule has 17 heavy (non-hydrogen) atoms. The molecule has 0 amide bonds.